The van der Waals surface area contributed by atoms with E-state index in [4.69, 9.17) is 5.73 Å². The van der Waals surface area contributed by atoms with Gasteiger partial charge >= 0.3 is 6.03 Å². The Labute approximate surface area is 85.8 Å². The Kier molecular flexibility index (Phi) is 4.73. The van der Waals surface area contributed by atoms with Crippen LogP contribution in [0.4, 0.5) is 4.79 Å². The van der Waals surface area contributed by atoms with Crippen molar-refractivity contribution < 1.29 is 4.79 Å². The number of nitrogens with two attached hydrogens (primary N) is 1. The minimum absolute atomic E-state index is 0.335. The average Bonchev–Trinajstić information content (AvgIpc) is 2.42. The van der Waals surface area contributed by atoms with Crippen LogP contribution in [0.2, 0.25) is 0 Å². The van der Waals surface area contributed by atoms with Crippen molar-refractivity contribution >= 4 is 6.03 Å². The van der Waals surface area contributed by atoms with E-state index in [0.717, 1.165) is 19.5 Å². The van der Waals surface area contributed by atoms with Crippen LogP contribution in [0.25, 0.3) is 0 Å². The molecular formula is C10H21N3O. The van der Waals surface area contributed by atoms with Crippen molar-refractivity contribution in [3.05, 3.63) is 0 Å². The first-order valence-corrected chi connectivity index (χ1v) is 5.44. The number of carbonyl (C=O) groups excluding carboxylic acids is 1. The molecule has 0 aromatic carbocycles. The second-order valence-electron chi connectivity index (χ2n) is 4.05. The van der Waals surface area contributed by atoms with E-state index in [-0.39, 0.29) is 6.03 Å². The molecule has 1 fully saturated rings. The van der Waals surface area contributed by atoms with Gasteiger partial charge < -0.3 is 16.0 Å². The van der Waals surface area contributed by atoms with Gasteiger partial charge in [-0.2, -0.15) is 0 Å². The fraction of sp³-hybridized carbons (Fsp3) is 0.900. The van der Waals surface area contributed by atoms with Gasteiger partial charge in [0.05, 0.1) is 0 Å². The first-order chi connectivity index (χ1) is 6.70. The van der Waals surface area contributed by atoms with Crippen LogP contribution in [0.15, 0.2) is 0 Å². The zero-order valence-electron chi connectivity index (χ0n) is 8.96. The van der Waals surface area contributed by atoms with E-state index in [1.165, 1.54) is 25.7 Å². The molecule has 3 N–H and O–H groups in total. The van der Waals surface area contributed by atoms with Crippen LogP contribution < -0.4 is 11.1 Å². The smallest absolute Gasteiger partial charge is 0.314 e. The lowest BCUT2D eigenvalue weighted by Crippen LogP contribution is -2.37. The summed E-state index contributed by atoms with van der Waals surface area (Å²) >= 11 is 0. The number of hydrogen-bond acceptors (Lipinski definition) is 2. The highest BCUT2D eigenvalue weighted by molar-refractivity contribution is 5.71. The molecule has 1 rings (SSSR count). The van der Waals surface area contributed by atoms with E-state index in [2.05, 4.69) is 5.32 Å². The predicted molar refractivity (Wildman–Crippen MR) is 57.1 cm³/mol. The average molecular weight is 199 g/mol. The number of carbonyl (C=O) groups is 1. The molecule has 1 atom stereocenters. The molecule has 82 valence electrons. The molecule has 0 aromatic rings. The molecule has 0 saturated carbocycles. The Hall–Kier alpha value is -0.770. The molecule has 1 aliphatic heterocycles. The summed E-state index contributed by atoms with van der Waals surface area (Å²) in [6.07, 6.45) is 6.15. The van der Waals surface area contributed by atoms with Crippen molar-refractivity contribution in [1.82, 2.24) is 10.2 Å². The molecule has 0 spiro atoms. The van der Waals surface area contributed by atoms with Crippen molar-refractivity contribution in [2.75, 3.05) is 20.1 Å². The molecule has 1 saturated heterocycles. The Morgan fingerprint density at radius 2 is 2.29 bits per heavy atom. The van der Waals surface area contributed by atoms with Crippen molar-refractivity contribution in [3.8, 4) is 0 Å². The third kappa shape index (κ3) is 3.96. The molecule has 1 heterocycles. The molecule has 0 bridgehead atoms. The normalized spacial score (nSPS) is 22.8. The largest absolute Gasteiger partial charge is 0.351 e. The summed E-state index contributed by atoms with van der Waals surface area (Å²) in [5.41, 5.74) is 5.15. The van der Waals surface area contributed by atoms with Crippen LogP contribution in [-0.4, -0.2) is 37.1 Å². The number of nitrogens with zero attached hydrogens (tertiary/aromatic N) is 1. The molecule has 1 aliphatic rings. The van der Waals surface area contributed by atoms with Gasteiger partial charge in [-0.1, -0.05) is 12.8 Å². The zero-order chi connectivity index (χ0) is 10.4. The monoisotopic (exact) mass is 199 g/mol. The summed E-state index contributed by atoms with van der Waals surface area (Å²) < 4.78 is 0. The van der Waals surface area contributed by atoms with Crippen LogP contribution in [0, 0.1) is 0 Å². The molecule has 4 heteroatoms. The number of amides is 2. The lowest BCUT2D eigenvalue weighted by molar-refractivity contribution is 0.215. The quantitative estimate of drug-likeness (QED) is 0.710. The molecule has 0 radical (unpaired) electrons. The highest BCUT2D eigenvalue weighted by Gasteiger charge is 2.12. The molecule has 2 amide bonds. The first kappa shape index (κ1) is 11.3. The minimum atomic E-state index is -0.335. The van der Waals surface area contributed by atoms with Crippen molar-refractivity contribution in [2.45, 2.75) is 38.1 Å². The maximum atomic E-state index is 10.8. The van der Waals surface area contributed by atoms with E-state index < -0.39 is 0 Å². The summed E-state index contributed by atoms with van der Waals surface area (Å²) in [7, 11) is 1.75. The van der Waals surface area contributed by atoms with Gasteiger partial charge in [-0.15, -0.1) is 0 Å². The van der Waals surface area contributed by atoms with Crippen LogP contribution >= 0.6 is 0 Å². The van der Waals surface area contributed by atoms with E-state index in [1.54, 1.807) is 11.9 Å². The lowest BCUT2D eigenvalue weighted by Gasteiger charge is -2.19. The highest BCUT2D eigenvalue weighted by atomic mass is 16.2. The summed E-state index contributed by atoms with van der Waals surface area (Å²) in [5.74, 6) is 0. The van der Waals surface area contributed by atoms with Crippen LogP contribution in [0.5, 0.6) is 0 Å². The Bertz CT molecular complexity index is 176. The van der Waals surface area contributed by atoms with E-state index >= 15 is 0 Å². The van der Waals surface area contributed by atoms with Gasteiger partial charge in [-0.25, -0.2) is 4.79 Å². The second kappa shape index (κ2) is 5.86. The van der Waals surface area contributed by atoms with Gasteiger partial charge in [0.25, 0.3) is 0 Å². The maximum Gasteiger partial charge on any atom is 0.314 e. The zero-order valence-corrected chi connectivity index (χ0v) is 8.96. The van der Waals surface area contributed by atoms with E-state index in [9.17, 15) is 4.79 Å². The number of rotatable bonds is 3. The molecule has 0 aliphatic carbocycles. The second-order valence-corrected chi connectivity index (χ2v) is 4.05. The van der Waals surface area contributed by atoms with Crippen LogP contribution in [0.1, 0.15) is 32.1 Å². The standard InChI is InChI=1S/C10H21N3O/c1-13(10(11)14)8-6-9-5-3-2-4-7-12-9/h9,12H,2-8H2,1H3,(H2,11,14). The lowest BCUT2D eigenvalue weighted by atomic mass is 10.1. The van der Waals surface area contributed by atoms with Crippen molar-refractivity contribution in [1.29, 1.82) is 0 Å². The molecule has 14 heavy (non-hydrogen) atoms. The topological polar surface area (TPSA) is 58.4 Å². The molecular weight excluding hydrogens is 178 g/mol. The van der Waals surface area contributed by atoms with E-state index in [1.807, 2.05) is 0 Å². The number of hydrogen-bond donors (Lipinski definition) is 2. The third-order valence-corrected chi connectivity index (χ3v) is 2.85. The van der Waals surface area contributed by atoms with Gasteiger partial charge in [0.15, 0.2) is 0 Å². The highest BCUT2D eigenvalue weighted by Crippen LogP contribution is 2.11. The third-order valence-electron chi connectivity index (χ3n) is 2.85. The maximum absolute atomic E-state index is 10.8. The summed E-state index contributed by atoms with van der Waals surface area (Å²) in [6, 6.07) is 0.234. The predicted octanol–water partition coefficient (Wildman–Crippen LogP) is 0.919. The Morgan fingerprint density at radius 1 is 1.50 bits per heavy atom. The molecule has 0 aromatic heterocycles. The molecule has 4 nitrogen and oxygen atoms in total. The minimum Gasteiger partial charge on any atom is -0.351 e. The summed E-state index contributed by atoms with van der Waals surface area (Å²) in [4.78, 5) is 12.3. The number of nitrogens with one attached hydrogen (secondary N) is 1. The summed E-state index contributed by atoms with van der Waals surface area (Å²) in [5, 5.41) is 3.50. The fourth-order valence-electron chi connectivity index (χ4n) is 1.81. The van der Waals surface area contributed by atoms with Gasteiger partial charge in [0, 0.05) is 19.6 Å². The van der Waals surface area contributed by atoms with Gasteiger partial charge in [-0.3, -0.25) is 0 Å². The number of primary amides is 1. The Morgan fingerprint density at radius 3 is 3.00 bits per heavy atom. The van der Waals surface area contributed by atoms with Crippen molar-refractivity contribution in [2.24, 2.45) is 5.73 Å². The SMILES string of the molecule is CN(CCC1CCCCCN1)C(N)=O. The molecule has 1 unspecified atom stereocenters. The van der Waals surface area contributed by atoms with Gasteiger partial charge in [0.2, 0.25) is 0 Å². The van der Waals surface area contributed by atoms with Crippen LogP contribution in [0.3, 0.4) is 0 Å². The fourth-order valence-corrected chi connectivity index (χ4v) is 1.81. The Balaban J connectivity index is 2.18. The number of urea groups is 1. The van der Waals surface area contributed by atoms with Crippen LogP contribution in [-0.2, 0) is 0 Å². The van der Waals surface area contributed by atoms with Crippen molar-refractivity contribution in [3.63, 3.8) is 0 Å². The first-order valence-electron chi connectivity index (χ1n) is 5.44. The van der Waals surface area contributed by atoms with Gasteiger partial charge in [0.1, 0.15) is 0 Å². The van der Waals surface area contributed by atoms with Gasteiger partial charge in [-0.05, 0) is 25.8 Å². The summed E-state index contributed by atoms with van der Waals surface area (Å²) in [6.45, 7) is 1.87. The van der Waals surface area contributed by atoms with E-state index in [0.29, 0.717) is 6.04 Å².